The highest BCUT2D eigenvalue weighted by molar-refractivity contribution is 7.99. The lowest BCUT2D eigenvalue weighted by Crippen LogP contribution is -2.14. The summed E-state index contributed by atoms with van der Waals surface area (Å²) in [6, 6.07) is 10.0. The highest BCUT2D eigenvalue weighted by Gasteiger charge is 2.15. The summed E-state index contributed by atoms with van der Waals surface area (Å²) >= 11 is 2.93. The van der Waals surface area contributed by atoms with E-state index in [1.54, 1.807) is 0 Å². The van der Waals surface area contributed by atoms with Crippen LogP contribution in [0.2, 0.25) is 0 Å². The molecule has 1 N–H and O–H groups in total. The fraction of sp³-hybridized carbons (Fsp3) is 0.478. The van der Waals surface area contributed by atoms with Gasteiger partial charge in [0.15, 0.2) is 10.3 Å². The van der Waals surface area contributed by atoms with E-state index in [4.69, 9.17) is 0 Å². The molecule has 3 aromatic rings. The van der Waals surface area contributed by atoms with Crippen molar-refractivity contribution in [3.05, 3.63) is 41.0 Å². The number of thiazole rings is 1. The number of nitrogens with one attached hydrogen (secondary N) is 1. The third-order valence-electron chi connectivity index (χ3n) is 5.04. The predicted octanol–water partition coefficient (Wildman–Crippen LogP) is 5.97. The summed E-state index contributed by atoms with van der Waals surface area (Å²) in [6.07, 6.45) is 7.13. The molecule has 8 heteroatoms. The van der Waals surface area contributed by atoms with Crippen molar-refractivity contribution < 1.29 is 4.79 Å². The maximum absolute atomic E-state index is 12.5. The molecule has 6 nitrogen and oxygen atoms in total. The van der Waals surface area contributed by atoms with Gasteiger partial charge in [0.1, 0.15) is 5.82 Å². The lowest BCUT2D eigenvalue weighted by molar-refractivity contribution is -0.113. The van der Waals surface area contributed by atoms with Crippen molar-refractivity contribution in [2.45, 2.75) is 71.0 Å². The summed E-state index contributed by atoms with van der Waals surface area (Å²) in [4.78, 5) is 18.2. The van der Waals surface area contributed by atoms with Gasteiger partial charge in [-0.15, -0.1) is 21.5 Å². The molecular weight excluding hydrogens is 426 g/mol. The van der Waals surface area contributed by atoms with Crippen molar-refractivity contribution in [2.24, 2.45) is 0 Å². The zero-order valence-electron chi connectivity index (χ0n) is 18.6. The number of unbranched alkanes of at least 4 members (excludes halogenated alkanes) is 4. The van der Waals surface area contributed by atoms with Crippen LogP contribution in [0.25, 0.3) is 11.3 Å². The molecule has 2 aromatic heterocycles. The Morgan fingerprint density at radius 3 is 2.61 bits per heavy atom. The number of carbonyl (C=O) groups is 1. The molecule has 2 heterocycles. The Kier molecular flexibility index (Phi) is 9.09. The summed E-state index contributed by atoms with van der Waals surface area (Å²) in [7, 11) is 0. The molecule has 0 bridgehead atoms. The minimum absolute atomic E-state index is 0.0786. The van der Waals surface area contributed by atoms with Gasteiger partial charge in [-0.2, -0.15) is 0 Å². The first kappa shape index (κ1) is 23.5. The number of amides is 1. The molecule has 0 aliphatic carbocycles. The first-order chi connectivity index (χ1) is 15.1. The average molecular weight is 458 g/mol. The smallest absolute Gasteiger partial charge is 0.236 e. The lowest BCUT2D eigenvalue weighted by Gasteiger charge is -2.07. The number of anilines is 1. The van der Waals surface area contributed by atoms with Crippen LogP contribution in [0.15, 0.2) is 35.5 Å². The van der Waals surface area contributed by atoms with E-state index in [-0.39, 0.29) is 11.7 Å². The number of aromatic nitrogens is 4. The van der Waals surface area contributed by atoms with Crippen LogP contribution >= 0.6 is 23.1 Å². The van der Waals surface area contributed by atoms with Gasteiger partial charge in [0.05, 0.1) is 11.4 Å². The molecule has 0 aliphatic heterocycles. The average Bonchev–Trinajstić information content (AvgIpc) is 3.35. The van der Waals surface area contributed by atoms with Crippen LogP contribution in [0.4, 0.5) is 5.13 Å². The normalized spacial score (nSPS) is 11.1. The molecule has 1 aromatic carbocycles. The Balaban J connectivity index is 1.53. The van der Waals surface area contributed by atoms with E-state index in [2.05, 4.69) is 38.9 Å². The fourth-order valence-electron chi connectivity index (χ4n) is 3.41. The van der Waals surface area contributed by atoms with E-state index in [1.807, 2.05) is 37.3 Å². The number of hydrogen-bond acceptors (Lipinski definition) is 6. The summed E-state index contributed by atoms with van der Waals surface area (Å²) in [5.41, 5.74) is 1.98. The summed E-state index contributed by atoms with van der Waals surface area (Å²) in [5, 5.41) is 13.1. The van der Waals surface area contributed by atoms with Gasteiger partial charge in [0.2, 0.25) is 5.91 Å². The van der Waals surface area contributed by atoms with Crippen molar-refractivity contribution in [3.63, 3.8) is 0 Å². The molecule has 0 radical (unpaired) electrons. The first-order valence-electron chi connectivity index (χ1n) is 11.0. The molecule has 0 saturated carbocycles. The van der Waals surface area contributed by atoms with Gasteiger partial charge in [-0.3, -0.25) is 4.79 Å². The number of rotatable bonds is 12. The van der Waals surface area contributed by atoms with Crippen molar-refractivity contribution in [2.75, 3.05) is 11.1 Å². The van der Waals surface area contributed by atoms with Gasteiger partial charge < -0.3 is 9.88 Å². The molecule has 31 heavy (non-hydrogen) atoms. The number of benzene rings is 1. The van der Waals surface area contributed by atoms with Crippen molar-refractivity contribution in [3.8, 4) is 11.3 Å². The summed E-state index contributed by atoms with van der Waals surface area (Å²) in [6.45, 7) is 7.16. The number of hydrogen-bond donors (Lipinski definition) is 1. The van der Waals surface area contributed by atoms with E-state index < -0.39 is 0 Å². The van der Waals surface area contributed by atoms with Crippen LogP contribution in [0.5, 0.6) is 0 Å². The Morgan fingerprint density at radius 2 is 1.87 bits per heavy atom. The van der Waals surface area contributed by atoms with Gasteiger partial charge in [-0.25, -0.2) is 4.98 Å². The fourth-order valence-corrected chi connectivity index (χ4v) is 5.09. The van der Waals surface area contributed by atoms with Crippen LogP contribution in [-0.4, -0.2) is 31.4 Å². The molecular formula is C23H31N5OS2. The Bertz CT molecular complexity index is 968. The highest BCUT2D eigenvalue weighted by Crippen LogP contribution is 2.30. The highest BCUT2D eigenvalue weighted by atomic mass is 32.2. The molecule has 3 rings (SSSR count). The van der Waals surface area contributed by atoms with Gasteiger partial charge in [0, 0.05) is 23.4 Å². The lowest BCUT2D eigenvalue weighted by atomic mass is 10.1. The first-order valence-corrected chi connectivity index (χ1v) is 12.8. The molecule has 0 saturated heterocycles. The van der Waals surface area contributed by atoms with E-state index >= 15 is 0 Å². The van der Waals surface area contributed by atoms with Crippen LogP contribution in [-0.2, 0) is 17.8 Å². The molecule has 0 fully saturated rings. The topological polar surface area (TPSA) is 72.7 Å². The number of aryl methyl sites for hydroxylation is 2. The third-order valence-corrected chi connectivity index (χ3v) is 6.89. The zero-order chi connectivity index (χ0) is 22.1. The van der Waals surface area contributed by atoms with Crippen molar-refractivity contribution >= 4 is 34.1 Å². The van der Waals surface area contributed by atoms with Crippen LogP contribution in [0.1, 0.15) is 56.7 Å². The van der Waals surface area contributed by atoms with Gasteiger partial charge in [-0.1, -0.05) is 74.7 Å². The van der Waals surface area contributed by atoms with Gasteiger partial charge in [-0.05, 0) is 20.3 Å². The van der Waals surface area contributed by atoms with Gasteiger partial charge in [0.25, 0.3) is 0 Å². The largest absolute Gasteiger partial charge is 0.306 e. The van der Waals surface area contributed by atoms with E-state index in [0.29, 0.717) is 5.13 Å². The van der Waals surface area contributed by atoms with E-state index in [9.17, 15) is 4.79 Å². The minimum Gasteiger partial charge on any atom is -0.306 e. The van der Waals surface area contributed by atoms with Crippen LogP contribution in [0.3, 0.4) is 0 Å². The standard InChI is InChI=1S/C23H31N5OS2/c1-4-6-7-8-12-15-19-26-27-23(28(19)5-2)30-16-20(29)24-22-25-21(17(3)31-22)18-13-10-9-11-14-18/h9-11,13-14H,4-8,12,15-16H2,1-3H3,(H,24,25,29). The van der Waals surface area contributed by atoms with Gasteiger partial charge >= 0.3 is 0 Å². The number of thioether (sulfide) groups is 1. The molecule has 166 valence electrons. The molecule has 0 unspecified atom stereocenters. The summed E-state index contributed by atoms with van der Waals surface area (Å²) in [5.74, 6) is 1.23. The van der Waals surface area contributed by atoms with E-state index in [1.165, 1.54) is 48.8 Å². The summed E-state index contributed by atoms with van der Waals surface area (Å²) < 4.78 is 2.12. The quantitative estimate of drug-likeness (QED) is 0.268. The molecule has 0 aliphatic rings. The second-order valence-corrected chi connectivity index (χ2v) is 9.58. The molecule has 1 amide bonds. The molecule has 0 atom stereocenters. The second-order valence-electron chi connectivity index (χ2n) is 7.43. The maximum atomic E-state index is 12.5. The Morgan fingerprint density at radius 1 is 1.10 bits per heavy atom. The molecule has 0 spiro atoms. The number of carbonyl (C=O) groups excluding carboxylic acids is 1. The minimum atomic E-state index is -0.0786. The third kappa shape index (κ3) is 6.64. The SMILES string of the molecule is CCCCCCCc1nnc(SCC(=O)Nc2nc(-c3ccccc3)c(C)s2)n1CC. The Hall–Kier alpha value is -2.19. The van der Waals surface area contributed by atoms with Crippen molar-refractivity contribution in [1.29, 1.82) is 0 Å². The Labute approximate surface area is 192 Å². The van der Waals surface area contributed by atoms with Crippen LogP contribution < -0.4 is 5.32 Å². The van der Waals surface area contributed by atoms with E-state index in [0.717, 1.165) is 46.5 Å². The van der Waals surface area contributed by atoms with Crippen LogP contribution in [0, 0.1) is 6.92 Å². The monoisotopic (exact) mass is 457 g/mol. The maximum Gasteiger partial charge on any atom is 0.236 e. The van der Waals surface area contributed by atoms with Crippen molar-refractivity contribution in [1.82, 2.24) is 19.7 Å². The second kappa shape index (κ2) is 12.0. The predicted molar refractivity (Wildman–Crippen MR) is 130 cm³/mol. The zero-order valence-corrected chi connectivity index (χ0v) is 20.2. The number of nitrogens with zero attached hydrogens (tertiary/aromatic N) is 4.